The fraction of sp³-hybridized carbons (Fsp3) is 0.111. The minimum atomic E-state index is 0.953. The van der Waals surface area contributed by atoms with Crippen molar-refractivity contribution in [1.82, 2.24) is 9.97 Å². The minimum Gasteiger partial charge on any atom is -0.253 e. The van der Waals surface area contributed by atoms with Gasteiger partial charge in [-0.2, -0.15) is 0 Å². The van der Waals surface area contributed by atoms with Gasteiger partial charge in [-0.1, -0.05) is 6.07 Å². The molecular weight excluding hydrogens is 276 g/mol. The second kappa shape index (κ2) is 4.64. The van der Waals surface area contributed by atoms with Crippen molar-refractivity contribution >= 4 is 32.5 Å². The van der Waals surface area contributed by atoms with Gasteiger partial charge in [0.15, 0.2) is 0 Å². The summed E-state index contributed by atoms with van der Waals surface area (Å²) in [6.45, 7) is 4.27. The molecule has 2 nitrogen and oxygen atoms in total. The van der Waals surface area contributed by atoms with Gasteiger partial charge in [0.05, 0.1) is 11.0 Å². The third-order valence-electron chi connectivity index (χ3n) is 3.80. The zero-order valence-corrected chi connectivity index (χ0v) is 12.7. The van der Waals surface area contributed by atoms with Gasteiger partial charge in [0.2, 0.25) is 0 Å². The fourth-order valence-electron chi connectivity index (χ4n) is 2.76. The van der Waals surface area contributed by atoms with Crippen LogP contribution in [0.1, 0.15) is 11.1 Å². The molecule has 0 spiro atoms. The third kappa shape index (κ3) is 2.01. The number of rotatable bonds is 1. The highest BCUT2D eigenvalue weighted by Crippen LogP contribution is 2.33. The summed E-state index contributed by atoms with van der Waals surface area (Å²) in [4.78, 5) is 8.97. The number of thiophene rings is 1. The molecule has 2 aromatic carbocycles. The molecule has 4 rings (SSSR count). The predicted octanol–water partition coefficient (Wildman–Crippen LogP) is 5.13. The van der Waals surface area contributed by atoms with Crippen molar-refractivity contribution in [3.8, 4) is 11.1 Å². The molecule has 21 heavy (non-hydrogen) atoms. The average molecular weight is 290 g/mol. The van der Waals surface area contributed by atoms with Crippen molar-refractivity contribution in [2.75, 3.05) is 0 Å². The maximum absolute atomic E-state index is 4.53. The summed E-state index contributed by atoms with van der Waals surface area (Å²) in [6.07, 6.45) is 3.51. The van der Waals surface area contributed by atoms with Gasteiger partial charge in [-0.05, 0) is 65.6 Å². The molecule has 0 aliphatic rings. The molecule has 0 unspecified atom stereocenters. The molecule has 0 saturated heterocycles. The molecule has 0 aliphatic carbocycles. The van der Waals surface area contributed by atoms with Crippen molar-refractivity contribution < 1.29 is 0 Å². The summed E-state index contributed by atoms with van der Waals surface area (Å²) in [5.41, 5.74) is 6.83. The lowest BCUT2D eigenvalue weighted by molar-refractivity contribution is 1.28. The standard InChI is InChI=1S/C18H14N2S/c1-11-7-15(18-16(8-11)19-5-6-20-18)13-3-4-17-14(9-13)12(2)10-21-17/h3-10H,1-2H3. The monoisotopic (exact) mass is 290 g/mol. The summed E-state index contributed by atoms with van der Waals surface area (Å²) in [5, 5.41) is 3.54. The van der Waals surface area contributed by atoms with E-state index in [0.717, 1.165) is 16.6 Å². The van der Waals surface area contributed by atoms with Gasteiger partial charge in [-0.3, -0.25) is 9.97 Å². The Hall–Kier alpha value is -2.26. The SMILES string of the molecule is Cc1cc(-c2ccc3scc(C)c3c2)c2nccnc2c1. The quantitative estimate of drug-likeness (QED) is 0.486. The van der Waals surface area contributed by atoms with Gasteiger partial charge >= 0.3 is 0 Å². The largest absolute Gasteiger partial charge is 0.253 e. The Labute approximate surface area is 127 Å². The maximum Gasteiger partial charge on any atom is 0.0965 e. The molecule has 102 valence electrons. The van der Waals surface area contributed by atoms with E-state index < -0.39 is 0 Å². The van der Waals surface area contributed by atoms with Crippen LogP contribution in [0.15, 0.2) is 48.1 Å². The van der Waals surface area contributed by atoms with E-state index in [9.17, 15) is 0 Å². The van der Waals surface area contributed by atoms with Gasteiger partial charge in [0.1, 0.15) is 0 Å². The fourth-order valence-corrected chi connectivity index (χ4v) is 3.68. The first-order valence-corrected chi connectivity index (χ1v) is 7.80. The number of nitrogens with zero attached hydrogens (tertiary/aromatic N) is 2. The van der Waals surface area contributed by atoms with Crippen LogP contribution in [0.25, 0.3) is 32.2 Å². The number of aryl methyl sites for hydroxylation is 2. The Kier molecular flexibility index (Phi) is 2.76. The number of benzene rings is 2. The van der Waals surface area contributed by atoms with Crippen LogP contribution in [0.2, 0.25) is 0 Å². The van der Waals surface area contributed by atoms with Crippen LogP contribution in [0.4, 0.5) is 0 Å². The van der Waals surface area contributed by atoms with E-state index in [1.54, 1.807) is 23.7 Å². The topological polar surface area (TPSA) is 25.8 Å². The second-order valence-corrected chi connectivity index (χ2v) is 6.28. The Bertz CT molecular complexity index is 969. The smallest absolute Gasteiger partial charge is 0.0965 e. The van der Waals surface area contributed by atoms with Gasteiger partial charge in [-0.25, -0.2) is 0 Å². The number of fused-ring (bicyclic) bond motifs is 2. The van der Waals surface area contributed by atoms with Gasteiger partial charge in [-0.15, -0.1) is 11.3 Å². The van der Waals surface area contributed by atoms with E-state index in [4.69, 9.17) is 0 Å². The number of hydrogen-bond donors (Lipinski definition) is 0. The third-order valence-corrected chi connectivity index (χ3v) is 4.88. The van der Waals surface area contributed by atoms with E-state index >= 15 is 0 Å². The van der Waals surface area contributed by atoms with Crippen LogP contribution >= 0.6 is 11.3 Å². The average Bonchev–Trinajstić information content (AvgIpc) is 2.87. The van der Waals surface area contributed by atoms with Crippen LogP contribution in [-0.4, -0.2) is 9.97 Å². The summed E-state index contributed by atoms with van der Waals surface area (Å²) in [7, 11) is 0. The number of aromatic nitrogens is 2. The van der Waals surface area contributed by atoms with Crippen LogP contribution < -0.4 is 0 Å². The van der Waals surface area contributed by atoms with Crippen molar-refractivity contribution in [2.45, 2.75) is 13.8 Å². The molecule has 0 amide bonds. The van der Waals surface area contributed by atoms with Crippen LogP contribution in [0, 0.1) is 13.8 Å². The molecule has 2 aromatic heterocycles. The van der Waals surface area contributed by atoms with Gasteiger partial charge in [0, 0.05) is 22.7 Å². The summed E-state index contributed by atoms with van der Waals surface area (Å²) < 4.78 is 1.33. The zero-order valence-electron chi connectivity index (χ0n) is 11.9. The second-order valence-electron chi connectivity index (χ2n) is 5.37. The maximum atomic E-state index is 4.53. The molecule has 0 radical (unpaired) electrons. The highest BCUT2D eigenvalue weighted by atomic mass is 32.1. The Morgan fingerprint density at radius 3 is 2.71 bits per heavy atom. The molecular formula is C18H14N2S. The predicted molar refractivity (Wildman–Crippen MR) is 89.8 cm³/mol. The lowest BCUT2D eigenvalue weighted by atomic mass is 9.99. The molecule has 0 saturated carbocycles. The van der Waals surface area contributed by atoms with E-state index in [0.29, 0.717) is 0 Å². The first-order valence-electron chi connectivity index (χ1n) is 6.92. The molecule has 2 heterocycles. The van der Waals surface area contributed by atoms with E-state index in [1.165, 1.54) is 26.8 Å². The first kappa shape index (κ1) is 12.5. The van der Waals surface area contributed by atoms with Crippen molar-refractivity contribution in [3.05, 3.63) is 59.2 Å². The molecule has 0 N–H and O–H groups in total. The molecule has 3 heteroatoms. The van der Waals surface area contributed by atoms with Crippen LogP contribution in [-0.2, 0) is 0 Å². The first-order chi connectivity index (χ1) is 10.2. The molecule has 0 fully saturated rings. The van der Waals surface area contributed by atoms with Crippen LogP contribution in [0.3, 0.4) is 0 Å². The zero-order chi connectivity index (χ0) is 14.4. The van der Waals surface area contributed by atoms with E-state index in [2.05, 4.69) is 59.5 Å². The molecule has 0 bridgehead atoms. The minimum absolute atomic E-state index is 0.953. The van der Waals surface area contributed by atoms with Crippen molar-refractivity contribution in [1.29, 1.82) is 0 Å². The van der Waals surface area contributed by atoms with Crippen molar-refractivity contribution in [3.63, 3.8) is 0 Å². The Balaban J connectivity index is 2.05. The lowest BCUT2D eigenvalue weighted by Gasteiger charge is -2.08. The van der Waals surface area contributed by atoms with Gasteiger partial charge < -0.3 is 0 Å². The number of hydrogen-bond acceptors (Lipinski definition) is 3. The normalized spacial score (nSPS) is 11.3. The highest BCUT2D eigenvalue weighted by molar-refractivity contribution is 7.17. The summed E-state index contributed by atoms with van der Waals surface area (Å²) in [5.74, 6) is 0. The van der Waals surface area contributed by atoms with Crippen molar-refractivity contribution in [2.24, 2.45) is 0 Å². The Morgan fingerprint density at radius 2 is 1.81 bits per heavy atom. The molecule has 0 aliphatic heterocycles. The van der Waals surface area contributed by atoms with Crippen LogP contribution in [0.5, 0.6) is 0 Å². The van der Waals surface area contributed by atoms with E-state index in [1.807, 2.05) is 0 Å². The lowest BCUT2D eigenvalue weighted by Crippen LogP contribution is -1.89. The summed E-state index contributed by atoms with van der Waals surface area (Å²) >= 11 is 1.80. The molecule has 0 atom stereocenters. The van der Waals surface area contributed by atoms with E-state index in [-0.39, 0.29) is 0 Å². The summed E-state index contributed by atoms with van der Waals surface area (Å²) in [6, 6.07) is 10.9. The van der Waals surface area contributed by atoms with Gasteiger partial charge in [0.25, 0.3) is 0 Å². The highest BCUT2D eigenvalue weighted by Gasteiger charge is 2.09. The Morgan fingerprint density at radius 1 is 0.952 bits per heavy atom. The molecule has 4 aromatic rings.